The van der Waals surface area contributed by atoms with Crippen molar-refractivity contribution < 1.29 is 28.7 Å². The Hall–Kier alpha value is -2.09. The summed E-state index contributed by atoms with van der Waals surface area (Å²) in [4.78, 5) is 43.5. The van der Waals surface area contributed by atoms with Gasteiger partial charge < -0.3 is 19.2 Å². The minimum absolute atomic E-state index is 0.139. The number of rotatable bonds is 2. The number of fused-ring (bicyclic) bond motifs is 1. The lowest BCUT2D eigenvalue weighted by atomic mass is 9.86. The number of carbonyl (C=O) groups excluding carboxylic acids is 3. The Morgan fingerprint density at radius 2 is 1.86 bits per heavy atom. The van der Waals surface area contributed by atoms with Crippen LogP contribution in [0.3, 0.4) is 0 Å². The highest BCUT2D eigenvalue weighted by atomic mass is 16.7. The molecule has 1 amide bonds. The van der Waals surface area contributed by atoms with Gasteiger partial charge in [-0.25, -0.2) is 9.59 Å². The molecule has 1 saturated heterocycles. The first kappa shape index (κ1) is 15.3. The Balaban J connectivity index is 2.62. The molecular formula is C13H18N2O6. The number of hydrogen-bond acceptors (Lipinski definition) is 7. The molecule has 0 spiro atoms. The number of esters is 2. The van der Waals surface area contributed by atoms with Gasteiger partial charge in [0.05, 0.1) is 20.3 Å². The van der Waals surface area contributed by atoms with Crippen LogP contribution in [-0.2, 0) is 28.7 Å². The van der Waals surface area contributed by atoms with E-state index in [1.807, 2.05) is 6.92 Å². The van der Waals surface area contributed by atoms with Gasteiger partial charge in [-0.1, -0.05) is 0 Å². The summed E-state index contributed by atoms with van der Waals surface area (Å²) in [6.45, 7) is 3.78. The van der Waals surface area contributed by atoms with Crippen LogP contribution in [0.4, 0.5) is 0 Å². The average molecular weight is 298 g/mol. The molecule has 0 radical (unpaired) electrons. The second kappa shape index (κ2) is 5.03. The van der Waals surface area contributed by atoms with Crippen molar-refractivity contribution in [3.8, 4) is 0 Å². The second-order valence-corrected chi connectivity index (χ2v) is 5.21. The summed E-state index contributed by atoms with van der Waals surface area (Å²) in [5.74, 6) is -2.27. The smallest absolute Gasteiger partial charge is 0.376 e. The topological polar surface area (TPSA) is 85.4 Å². The molecule has 8 heteroatoms. The van der Waals surface area contributed by atoms with E-state index in [-0.39, 0.29) is 23.3 Å². The van der Waals surface area contributed by atoms with E-state index in [0.29, 0.717) is 6.54 Å². The third-order valence-electron chi connectivity index (χ3n) is 3.81. The molecule has 2 aliphatic rings. The molecule has 2 aliphatic heterocycles. The number of nitrogens with zero attached hydrogens (tertiary/aromatic N) is 2. The maximum atomic E-state index is 12.6. The standard InChI is InChI=1S/C13H18N2O6/c1-7-6-14(3)12(18)13(2)8(10(16)19-4)9(11(17)20-5)21-15(7)13/h7H,6H2,1-5H3. The monoisotopic (exact) mass is 298 g/mol. The van der Waals surface area contributed by atoms with E-state index in [9.17, 15) is 14.4 Å². The Morgan fingerprint density at radius 1 is 1.29 bits per heavy atom. The Morgan fingerprint density at radius 3 is 2.38 bits per heavy atom. The molecule has 21 heavy (non-hydrogen) atoms. The highest BCUT2D eigenvalue weighted by molar-refractivity contribution is 6.08. The Bertz CT molecular complexity index is 543. The molecule has 0 aromatic rings. The molecule has 0 aromatic carbocycles. The zero-order valence-corrected chi connectivity index (χ0v) is 12.6. The third kappa shape index (κ3) is 1.98. The van der Waals surface area contributed by atoms with Crippen molar-refractivity contribution >= 4 is 17.8 Å². The van der Waals surface area contributed by atoms with Crippen LogP contribution >= 0.6 is 0 Å². The van der Waals surface area contributed by atoms with E-state index < -0.39 is 17.5 Å². The van der Waals surface area contributed by atoms with Gasteiger partial charge in [0.25, 0.3) is 5.91 Å². The number of piperazine rings is 1. The van der Waals surface area contributed by atoms with E-state index in [2.05, 4.69) is 4.74 Å². The zero-order valence-electron chi connectivity index (χ0n) is 12.6. The highest BCUT2D eigenvalue weighted by Crippen LogP contribution is 2.42. The quantitative estimate of drug-likeness (QED) is 0.632. The van der Waals surface area contributed by atoms with Crippen LogP contribution in [0.15, 0.2) is 11.3 Å². The van der Waals surface area contributed by atoms with Crippen molar-refractivity contribution in [3.05, 3.63) is 11.3 Å². The van der Waals surface area contributed by atoms with E-state index >= 15 is 0 Å². The van der Waals surface area contributed by atoms with Gasteiger partial charge in [-0.3, -0.25) is 4.79 Å². The maximum Gasteiger partial charge on any atom is 0.376 e. The first-order valence-electron chi connectivity index (χ1n) is 6.43. The molecule has 2 atom stereocenters. The summed E-state index contributed by atoms with van der Waals surface area (Å²) in [7, 11) is 3.98. The van der Waals surface area contributed by atoms with Gasteiger partial charge in [-0.15, -0.1) is 5.06 Å². The molecular weight excluding hydrogens is 280 g/mol. The fourth-order valence-electron chi connectivity index (χ4n) is 2.85. The van der Waals surface area contributed by atoms with Crippen LogP contribution in [0.1, 0.15) is 13.8 Å². The van der Waals surface area contributed by atoms with E-state index in [0.717, 1.165) is 0 Å². The van der Waals surface area contributed by atoms with E-state index in [4.69, 9.17) is 9.57 Å². The molecule has 0 aromatic heterocycles. The van der Waals surface area contributed by atoms with Crippen LogP contribution in [0.5, 0.6) is 0 Å². The molecule has 2 rings (SSSR count). The molecule has 0 N–H and O–H groups in total. The summed E-state index contributed by atoms with van der Waals surface area (Å²) in [6.07, 6.45) is 0. The van der Waals surface area contributed by atoms with Gasteiger partial charge in [-0.05, 0) is 13.8 Å². The number of hydroxylamine groups is 2. The summed E-state index contributed by atoms with van der Waals surface area (Å²) >= 11 is 0. The second-order valence-electron chi connectivity index (χ2n) is 5.21. The zero-order chi connectivity index (χ0) is 15.9. The summed E-state index contributed by atoms with van der Waals surface area (Å²) in [6, 6.07) is -0.209. The molecule has 8 nitrogen and oxygen atoms in total. The predicted octanol–water partition coefficient (Wildman–Crippen LogP) is -0.547. The fraction of sp³-hybridized carbons (Fsp3) is 0.615. The first-order chi connectivity index (χ1) is 9.78. The SMILES string of the molecule is COC(=O)C1=C(C(=O)OC)C2(C)C(=O)N(C)CC(C)N2O1. The van der Waals surface area contributed by atoms with Crippen molar-refractivity contribution in [2.75, 3.05) is 27.8 Å². The number of carbonyl (C=O) groups is 3. The Kier molecular flexibility index (Phi) is 3.66. The van der Waals surface area contributed by atoms with Crippen LogP contribution in [0, 0.1) is 0 Å². The summed E-state index contributed by atoms with van der Waals surface area (Å²) in [5, 5.41) is 1.36. The Labute approximate surface area is 122 Å². The molecule has 1 fully saturated rings. The van der Waals surface area contributed by atoms with Gasteiger partial charge >= 0.3 is 11.9 Å². The third-order valence-corrected chi connectivity index (χ3v) is 3.81. The van der Waals surface area contributed by atoms with Crippen LogP contribution in [0.2, 0.25) is 0 Å². The lowest BCUT2D eigenvalue weighted by molar-refractivity contribution is -0.211. The summed E-state index contributed by atoms with van der Waals surface area (Å²) in [5.41, 5.74) is -1.55. The molecule has 2 heterocycles. The number of ether oxygens (including phenoxy) is 2. The van der Waals surface area contributed by atoms with E-state index in [1.165, 1.54) is 31.1 Å². The number of amides is 1. The van der Waals surface area contributed by atoms with Crippen molar-refractivity contribution in [1.82, 2.24) is 9.96 Å². The van der Waals surface area contributed by atoms with E-state index in [1.54, 1.807) is 7.05 Å². The molecule has 0 saturated carbocycles. The largest absolute Gasteiger partial charge is 0.465 e. The maximum absolute atomic E-state index is 12.6. The number of hydrogen-bond donors (Lipinski definition) is 0. The first-order valence-corrected chi connectivity index (χ1v) is 6.43. The van der Waals surface area contributed by atoms with Crippen LogP contribution in [0.25, 0.3) is 0 Å². The molecule has 0 bridgehead atoms. The van der Waals surface area contributed by atoms with Crippen molar-refractivity contribution in [2.45, 2.75) is 25.4 Å². The minimum atomic E-state index is -1.41. The van der Waals surface area contributed by atoms with Gasteiger partial charge in [0.2, 0.25) is 5.76 Å². The van der Waals surface area contributed by atoms with Crippen LogP contribution in [-0.4, -0.2) is 67.2 Å². The normalized spacial score (nSPS) is 29.1. The average Bonchev–Trinajstić information content (AvgIpc) is 2.78. The number of methoxy groups -OCH3 is 2. The van der Waals surface area contributed by atoms with Crippen molar-refractivity contribution in [1.29, 1.82) is 0 Å². The van der Waals surface area contributed by atoms with Gasteiger partial charge in [0.15, 0.2) is 5.54 Å². The van der Waals surface area contributed by atoms with Gasteiger partial charge in [0, 0.05) is 13.6 Å². The van der Waals surface area contributed by atoms with Crippen LogP contribution < -0.4 is 0 Å². The lowest BCUT2D eigenvalue weighted by Gasteiger charge is -2.44. The van der Waals surface area contributed by atoms with Crippen molar-refractivity contribution in [2.24, 2.45) is 0 Å². The van der Waals surface area contributed by atoms with Gasteiger partial charge in [-0.2, -0.15) is 0 Å². The fourth-order valence-corrected chi connectivity index (χ4v) is 2.85. The molecule has 116 valence electrons. The van der Waals surface area contributed by atoms with Crippen molar-refractivity contribution in [3.63, 3.8) is 0 Å². The predicted molar refractivity (Wildman–Crippen MR) is 69.5 cm³/mol. The molecule has 0 aliphatic carbocycles. The highest BCUT2D eigenvalue weighted by Gasteiger charge is 2.61. The minimum Gasteiger partial charge on any atom is -0.465 e. The number of likely N-dealkylation sites (N-methyl/N-ethyl adjacent to an activating group) is 1. The van der Waals surface area contributed by atoms with Gasteiger partial charge in [0.1, 0.15) is 5.57 Å². The lowest BCUT2D eigenvalue weighted by Crippen LogP contribution is -2.65. The molecule has 2 unspecified atom stereocenters. The summed E-state index contributed by atoms with van der Waals surface area (Å²) < 4.78 is 9.34.